The second-order valence-electron chi connectivity index (χ2n) is 3.43. The van der Waals surface area contributed by atoms with Crippen LogP contribution in [0.25, 0.3) is 0 Å². The molecule has 1 aromatic carbocycles. The van der Waals surface area contributed by atoms with Crippen molar-refractivity contribution in [2.75, 3.05) is 6.61 Å². The van der Waals surface area contributed by atoms with Crippen LogP contribution in [0.2, 0.25) is 0 Å². The number of thioether (sulfide) groups is 1. The molecule has 0 radical (unpaired) electrons. The van der Waals surface area contributed by atoms with Gasteiger partial charge in [-0.15, -0.1) is 0 Å². The van der Waals surface area contributed by atoms with Gasteiger partial charge >= 0.3 is 11.5 Å². The SMILES string of the molecule is CCOC(=O)c1cc(SC(F)(F)F)cc(C=O)c1C#N. The first-order valence-corrected chi connectivity index (χ1v) is 6.10. The van der Waals surface area contributed by atoms with Crippen LogP contribution < -0.4 is 0 Å². The topological polar surface area (TPSA) is 67.2 Å². The lowest BCUT2D eigenvalue weighted by molar-refractivity contribution is -0.0328. The van der Waals surface area contributed by atoms with E-state index in [4.69, 9.17) is 5.26 Å². The third-order valence-corrected chi connectivity index (χ3v) is 2.81. The summed E-state index contributed by atoms with van der Waals surface area (Å²) in [5, 5.41) is 8.93. The van der Waals surface area contributed by atoms with Crippen molar-refractivity contribution in [2.24, 2.45) is 0 Å². The lowest BCUT2D eigenvalue weighted by atomic mass is 10.0. The molecular weight excluding hydrogens is 295 g/mol. The summed E-state index contributed by atoms with van der Waals surface area (Å²) in [6, 6.07) is 3.42. The predicted octanol–water partition coefficient (Wildman–Crippen LogP) is 3.16. The van der Waals surface area contributed by atoms with Crippen molar-refractivity contribution in [3.8, 4) is 6.07 Å². The number of carbonyl (C=O) groups is 2. The summed E-state index contributed by atoms with van der Waals surface area (Å²) in [5.41, 5.74) is -5.51. The molecule has 0 fully saturated rings. The Kier molecular flexibility index (Phi) is 5.16. The van der Waals surface area contributed by atoms with Crippen molar-refractivity contribution in [3.05, 3.63) is 28.8 Å². The number of hydrogen-bond acceptors (Lipinski definition) is 5. The number of rotatable bonds is 4. The standard InChI is InChI=1S/C12H8F3NO3S/c1-2-19-11(18)9-4-8(20-12(13,14)15)3-7(6-17)10(9)5-16/h3-4,6H,2H2,1H3. The minimum absolute atomic E-state index is 0.00321. The average Bonchev–Trinajstić information content (AvgIpc) is 2.35. The molecule has 1 rings (SSSR count). The lowest BCUT2D eigenvalue weighted by Gasteiger charge is -2.10. The summed E-state index contributed by atoms with van der Waals surface area (Å²) < 4.78 is 41.7. The maximum absolute atomic E-state index is 12.3. The van der Waals surface area contributed by atoms with Crippen LogP contribution in [0.3, 0.4) is 0 Å². The molecule has 0 aliphatic rings. The van der Waals surface area contributed by atoms with E-state index in [1.807, 2.05) is 0 Å². The maximum atomic E-state index is 12.3. The van der Waals surface area contributed by atoms with Gasteiger partial charge in [-0.25, -0.2) is 4.79 Å². The molecule has 0 saturated heterocycles. The van der Waals surface area contributed by atoms with Crippen molar-refractivity contribution >= 4 is 24.0 Å². The van der Waals surface area contributed by atoms with Crippen LogP contribution in [0.5, 0.6) is 0 Å². The zero-order chi connectivity index (χ0) is 15.3. The second-order valence-corrected chi connectivity index (χ2v) is 4.57. The normalized spacial score (nSPS) is 10.8. The average molecular weight is 303 g/mol. The van der Waals surface area contributed by atoms with Gasteiger partial charge in [-0.3, -0.25) is 4.79 Å². The number of nitriles is 1. The van der Waals surface area contributed by atoms with E-state index < -0.39 is 23.2 Å². The van der Waals surface area contributed by atoms with Crippen LogP contribution >= 0.6 is 11.8 Å². The summed E-state index contributed by atoms with van der Waals surface area (Å²) in [4.78, 5) is 22.1. The fourth-order valence-corrected chi connectivity index (χ4v) is 2.05. The van der Waals surface area contributed by atoms with Gasteiger partial charge in [0.05, 0.1) is 17.7 Å². The van der Waals surface area contributed by atoms with Crippen molar-refractivity contribution in [3.63, 3.8) is 0 Å². The first kappa shape index (κ1) is 16.0. The Morgan fingerprint density at radius 2 is 2.15 bits per heavy atom. The van der Waals surface area contributed by atoms with Gasteiger partial charge in [-0.05, 0) is 30.8 Å². The van der Waals surface area contributed by atoms with Crippen molar-refractivity contribution in [2.45, 2.75) is 17.3 Å². The number of hydrogen-bond donors (Lipinski definition) is 0. The van der Waals surface area contributed by atoms with Crippen LogP contribution in [0.15, 0.2) is 17.0 Å². The molecule has 0 bridgehead atoms. The molecule has 1 aromatic rings. The van der Waals surface area contributed by atoms with E-state index in [9.17, 15) is 22.8 Å². The Bertz CT molecular complexity index is 579. The predicted molar refractivity (Wildman–Crippen MR) is 64.4 cm³/mol. The summed E-state index contributed by atoms with van der Waals surface area (Å²) in [6.45, 7) is 1.51. The fourth-order valence-electron chi connectivity index (χ4n) is 1.42. The molecule has 0 aromatic heterocycles. The number of esters is 1. The largest absolute Gasteiger partial charge is 0.462 e. The van der Waals surface area contributed by atoms with Gasteiger partial charge in [0.25, 0.3) is 0 Å². The smallest absolute Gasteiger partial charge is 0.446 e. The van der Waals surface area contributed by atoms with Gasteiger partial charge in [0.1, 0.15) is 6.07 Å². The molecule has 20 heavy (non-hydrogen) atoms. The van der Waals surface area contributed by atoms with Crippen LogP contribution in [-0.4, -0.2) is 24.4 Å². The molecule has 0 atom stereocenters. The molecule has 0 aliphatic carbocycles. The number of alkyl halides is 3. The highest BCUT2D eigenvalue weighted by atomic mass is 32.2. The number of aldehydes is 1. The maximum Gasteiger partial charge on any atom is 0.446 e. The molecule has 0 heterocycles. The summed E-state index contributed by atoms with van der Waals surface area (Å²) >= 11 is -0.477. The first-order valence-electron chi connectivity index (χ1n) is 5.28. The minimum atomic E-state index is -4.57. The molecule has 0 spiro atoms. The zero-order valence-corrected chi connectivity index (χ0v) is 11.0. The van der Waals surface area contributed by atoms with E-state index in [1.54, 1.807) is 6.07 Å². The molecule has 0 unspecified atom stereocenters. The molecule has 0 saturated carbocycles. The van der Waals surface area contributed by atoms with Crippen molar-refractivity contribution in [1.82, 2.24) is 0 Å². The van der Waals surface area contributed by atoms with Crippen LogP contribution in [0.1, 0.15) is 33.2 Å². The Hall–Kier alpha value is -2.01. The Balaban J connectivity index is 3.39. The number of halogens is 3. The van der Waals surface area contributed by atoms with Gasteiger partial charge < -0.3 is 4.74 Å². The van der Waals surface area contributed by atoms with Crippen LogP contribution in [0.4, 0.5) is 13.2 Å². The Labute approximate surface area is 116 Å². The summed E-state index contributed by atoms with van der Waals surface area (Å²) in [5.74, 6) is -0.947. The molecular formula is C12H8F3NO3S. The van der Waals surface area contributed by atoms with Crippen LogP contribution in [-0.2, 0) is 4.74 Å². The highest BCUT2D eigenvalue weighted by molar-refractivity contribution is 8.00. The quantitative estimate of drug-likeness (QED) is 0.485. The van der Waals surface area contributed by atoms with Crippen molar-refractivity contribution < 1.29 is 27.5 Å². The molecule has 106 valence electrons. The van der Waals surface area contributed by atoms with Gasteiger partial charge in [0, 0.05) is 10.5 Å². The van der Waals surface area contributed by atoms with E-state index >= 15 is 0 Å². The lowest BCUT2D eigenvalue weighted by Crippen LogP contribution is -2.10. The van der Waals surface area contributed by atoms with E-state index in [0.717, 1.165) is 12.1 Å². The molecule has 0 N–H and O–H groups in total. The number of ether oxygens (including phenoxy) is 1. The molecule has 4 nitrogen and oxygen atoms in total. The van der Waals surface area contributed by atoms with Gasteiger partial charge in [-0.1, -0.05) is 0 Å². The highest BCUT2D eigenvalue weighted by Gasteiger charge is 2.30. The third-order valence-electron chi connectivity index (χ3n) is 2.11. The molecule has 0 aliphatic heterocycles. The highest BCUT2D eigenvalue weighted by Crippen LogP contribution is 2.38. The minimum Gasteiger partial charge on any atom is -0.462 e. The monoisotopic (exact) mass is 303 g/mol. The molecule has 0 amide bonds. The third kappa shape index (κ3) is 3.99. The van der Waals surface area contributed by atoms with E-state index in [1.165, 1.54) is 6.92 Å². The van der Waals surface area contributed by atoms with Crippen LogP contribution in [0, 0.1) is 11.3 Å². The van der Waals surface area contributed by atoms with E-state index in [-0.39, 0.29) is 34.5 Å². The van der Waals surface area contributed by atoms with E-state index in [0.29, 0.717) is 0 Å². The van der Waals surface area contributed by atoms with Crippen molar-refractivity contribution in [1.29, 1.82) is 5.26 Å². The number of nitrogens with zero attached hydrogens (tertiary/aromatic N) is 1. The van der Waals surface area contributed by atoms with E-state index in [2.05, 4.69) is 4.74 Å². The first-order chi connectivity index (χ1) is 9.32. The Morgan fingerprint density at radius 3 is 2.60 bits per heavy atom. The van der Waals surface area contributed by atoms with Gasteiger partial charge in [-0.2, -0.15) is 18.4 Å². The Morgan fingerprint density at radius 1 is 1.50 bits per heavy atom. The summed E-state index contributed by atoms with van der Waals surface area (Å²) in [6.07, 6.45) is 0.224. The fraction of sp³-hybridized carbons (Fsp3) is 0.250. The number of carbonyl (C=O) groups excluding carboxylic acids is 2. The number of benzene rings is 1. The summed E-state index contributed by atoms with van der Waals surface area (Å²) in [7, 11) is 0. The van der Waals surface area contributed by atoms with Gasteiger partial charge in [0.15, 0.2) is 6.29 Å². The van der Waals surface area contributed by atoms with Gasteiger partial charge in [0.2, 0.25) is 0 Å². The second kappa shape index (κ2) is 6.43. The molecule has 8 heteroatoms. The zero-order valence-electron chi connectivity index (χ0n) is 10.2.